The Balaban J connectivity index is 1.54. The molecule has 0 saturated carbocycles. The maximum absolute atomic E-state index is 12.9. The topological polar surface area (TPSA) is 82.2 Å². The van der Waals surface area contributed by atoms with E-state index in [4.69, 9.17) is 9.15 Å². The predicted octanol–water partition coefficient (Wildman–Crippen LogP) is 5.29. The summed E-state index contributed by atoms with van der Waals surface area (Å²) in [7, 11) is 1.56. The number of alkyl halides is 3. The van der Waals surface area contributed by atoms with Gasteiger partial charge in [0.1, 0.15) is 5.75 Å². The molecule has 1 amide bonds. The molecule has 0 unspecified atom stereocenters. The maximum atomic E-state index is 12.9. The molecular formula is C22H17F3N4O3S. The summed E-state index contributed by atoms with van der Waals surface area (Å²) in [5.74, 6) is 1.01. The SMILES string of the molecule is COc1ccc(-n2c(SCC(=O)Nc3cccc(C(F)(F)F)c3)nnc2-c2ccco2)cc1. The van der Waals surface area contributed by atoms with E-state index in [0.29, 0.717) is 28.2 Å². The third-order valence-corrected chi connectivity index (χ3v) is 5.44. The number of nitrogens with zero attached hydrogens (tertiary/aromatic N) is 3. The Morgan fingerprint density at radius 2 is 1.91 bits per heavy atom. The van der Waals surface area contributed by atoms with Crippen molar-refractivity contribution in [2.75, 3.05) is 18.2 Å². The quantitative estimate of drug-likeness (QED) is 0.367. The highest BCUT2D eigenvalue weighted by molar-refractivity contribution is 7.99. The van der Waals surface area contributed by atoms with E-state index < -0.39 is 17.6 Å². The minimum atomic E-state index is -4.49. The van der Waals surface area contributed by atoms with Gasteiger partial charge in [0, 0.05) is 5.69 Å². The number of carbonyl (C=O) groups excluding carboxylic acids is 1. The van der Waals surface area contributed by atoms with E-state index in [9.17, 15) is 18.0 Å². The van der Waals surface area contributed by atoms with E-state index in [2.05, 4.69) is 15.5 Å². The number of methoxy groups -OCH3 is 1. The van der Waals surface area contributed by atoms with Gasteiger partial charge >= 0.3 is 6.18 Å². The first-order valence-corrected chi connectivity index (χ1v) is 10.6. The van der Waals surface area contributed by atoms with Gasteiger partial charge in [0.05, 0.1) is 30.4 Å². The third-order valence-electron chi connectivity index (χ3n) is 4.51. The maximum Gasteiger partial charge on any atom is 0.416 e. The molecule has 0 fully saturated rings. The molecule has 0 bridgehead atoms. The third kappa shape index (κ3) is 5.20. The molecule has 2 aromatic carbocycles. The Morgan fingerprint density at radius 1 is 1.12 bits per heavy atom. The zero-order valence-electron chi connectivity index (χ0n) is 17.2. The number of furan rings is 1. The van der Waals surface area contributed by atoms with Crippen LogP contribution in [0, 0.1) is 0 Å². The molecule has 1 N–H and O–H groups in total. The number of nitrogens with one attached hydrogen (secondary N) is 1. The van der Waals surface area contributed by atoms with Gasteiger partial charge in [-0.25, -0.2) is 0 Å². The van der Waals surface area contributed by atoms with Gasteiger partial charge in [-0.1, -0.05) is 17.8 Å². The number of ether oxygens (including phenoxy) is 1. The van der Waals surface area contributed by atoms with Crippen LogP contribution in [0.15, 0.2) is 76.5 Å². The number of anilines is 1. The van der Waals surface area contributed by atoms with Crippen LogP contribution >= 0.6 is 11.8 Å². The summed E-state index contributed by atoms with van der Waals surface area (Å²) in [5, 5.41) is 11.3. The first-order valence-electron chi connectivity index (χ1n) is 9.59. The minimum Gasteiger partial charge on any atom is -0.497 e. The van der Waals surface area contributed by atoms with E-state index in [-0.39, 0.29) is 11.4 Å². The zero-order chi connectivity index (χ0) is 23.4. The first-order chi connectivity index (χ1) is 15.8. The minimum absolute atomic E-state index is 0.0586. The molecule has 0 aliphatic heterocycles. The van der Waals surface area contributed by atoms with Crippen molar-refractivity contribution in [2.45, 2.75) is 11.3 Å². The molecule has 7 nitrogen and oxygen atoms in total. The molecule has 33 heavy (non-hydrogen) atoms. The van der Waals surface area contributed by atoms with Gasteiger partial charge in [-0.3, -0.25) is 9.36 Å². The molecule has 2 aromatic heterocycles. The number of hydrogen-bond donors (Lipinski definition) is 1. The molecule has 0 aliphatic rings. The molecule has 2 heterocycles. The number of benzene rings is 2. The molecule has 170 valence electrons. The van der Waals surface area contributed by atoms with Crippen molar-refractivity contribution in [1.82, 2.24) is 14.8 Å². The summed E-state index contributed by atoms with van der Waals surface area (Å²) in [6, 6.07) is 15.1. The van der Waals surface area contributed by atoms with Crippen LogP contribution < -0.4 is 10.1 Å². The van der Waals surface area contributed by atoms with Crippen LogP contribution in [0.5, 0.6) is 5.75 Å². The second kappa shape index (κ2) is 9.41. The van der Waals surface area contributed by atoms with Gasteiger partial charge in [0.25, 0.3) is 0 Å². The predicted molar refractivity (Wildman–Crippen MR) is 116 cm³/mol. The van der Waals surface area contributed by atoms with Gasteiger partial charge in [-0.15, -0.1) is 10.2 Å². The Morgan fingerprint density at radius 3 is 2.58 bits per heavy atom. The van der Waals surface area contributed by atoms with Crippen molar-refractivity contribution in [3.8, 4) is 23.0 Å². The Kier molecular flexibility index (Phi) is 6.40. The van der Waals surface area contributed by atoms with Gasteiger partial charge in [0.2, 0.25) is 11.7 Å². The Hall–Kier alpha value is -3.73. The highest BCUT2D eigenvalue weighted by atomic mass is 32.2. The largest absolute Gasteiger partial charge is 0.497 e. The van der Waals surface area contributed by atoms with E-state index in [0.717, 1.165) is 23.9 Å². The van der Waals surface area contributed by atoms with Crippen LogP contribution in [0.25, 0.3) is 17.3 Å². The molecule has 0 aliphatic carbocycles. The van der Waals surface area contributed by atoms with Crippen molar-refractivity contribution in [2.24, 2.45) is 0 Å². The standard InChI is InChI=1S/C22H17F3N4O3S/c1-31-17-9-7-16(8-10-17)29-20(18-6-3-11-32-18)27-28-21(29)33-13-19(30)26-15-5-2-4-14(12-15)22(23,24)25/h2-12H,13H2,1H3,(H,26,30). The number of amides is 1. The average molecular weight is 474 g/mol. The van der Waals surface area contributed by atoms with E-state index >= 15 is 0 Å². The average Bonchev–Trinajstić information content (AvgIpc) is 3.47. The number of aromatic nitrogens is 3. The van der Waals surface area contributed by atoms with Crippen LogP contribution in [0.4, 0.5) is 18.9 Å². The highest BCUT2D eigenvalue weighted by Gasteiger charge is 2.30. The van der Waals surface area contributed by atoms with Gasteiger partial charge < -0.3 is 14.5 Å². The number of carbonyl (C=O) groups is 1. The molecule has 0 radical (unpaired) electrons. The molecular weight excluding hydrogens is 457 g/mol. The van der Waals surface area contributed by atoms with Crippen LogP contribution in [-0.2, 0) is 11.0 Å². The summed E-state index contributed by atoms with van der Waals surface area (Å²) in [6.45, 7) is 0. The Bertz CT molecular complexity index is 1240. The fourth-order valence-corrected chi connectivity index (χ4v) is 3.75. The first kappa shape index (κ1) is 22.5. The number of halogens is 3. The van der Waals surface area contributed by atoms with Crippen molar-refractivity contribution >= 4 is 23.4 Å². The summed E-state index contributed by atoms with van der Waals surface area (Å²) in [4.78, 5) is 12.4. The lowest BCUT2D eigenvalue weighted by Gasteiger charge is -2.11. The number of thioether (sulfide) groups is 1. The van der Waals surface area contributed by atoms with E-state index in [1.165, 1.54) is 18.4 Å². The van der Waals surface area contributed by atoms with E-state index in [1.54, 1.807) is 48.1 Å². The summed E-state index contributed by atoms with van der Waals surface area (Å²) >= 11 is 1.09. The molecule has 0 spiro atoms. The lowest BCUT2D eigenvalue weighted by Crippen LogP contribution is -2.15. The van der Waals surface area contributed by atoms with Crippen molar-refractivity contribution in [3.05, 3.63) is 72.5 Å². The smallest absolute Gasteiger partial charge is 0.416 e. The van der Waals surface area contributed by atoms with Crippen molar-refractivity contribution in [3.63, 3.8) is 0 Å². The Labute approximate surface area is 190 Å². The van der Waals surface area contributed by atoms with Crippen LogP contribution in [0.2, 0.25) is 0 Å². The van der Waals surface area contributed by atoms with Crippen LogP contribution in [0.3, 0.4) is 0 Å². The highest BCUT2D eigenvalue weighted by Crippen LogP contribution is 2.31. The number of rotatable bonds is 7. The van der Waals surface area contributed by atoms with Crippen molar-refractivity contribution in [1.29, 1.82) is 0 Å². The summed E-state index contributed by atoms with van der Waals surface area (Å²) < 4.78 is 51.1. The summed E-state index contributed by atoms with van der Waals surface area (Å²) in [6.07, 6.45) is -2.98. The molecule has 0 atom stereocenters. The van der Waals surface area contributed by atoms with Gasteiger partial charge in [0.15, 0.2) is 10.9 Å². The van der Waals surface area contributed by atoms with Crippen molar-refractivity contribution < 1.29 is 27.1 Å². The molecule has 4 aromatic rings. The summed E-state index contributed by atoms with van der Waals surface area (Å²) in [5.41, 5.74) is -0.0633. The van der Waals surface area contributed by atoms with E-state index in [1.807, 2.05) is 0 Å². The fraction of sp³-hybridized carbons (Fsp3) is 0.136. The normalized spacial score (nSPS) is 11.4. The lowest BCUT2D eigenvalue weighted by atomic mass is 10.2. The number of hydrogen-bond acceptors (Lipinski definition) is 6. The van der Waals surface area contributed by atoms with Crippen LogP contribution in [0.1, 0.15) is 5.56 Å². The molecule has 11 heteroatoms. The monoisotopic (exact) mass is 474 g/mol. The molecule has 0 saturated heterocycles. The zero-order valence-corrected chi connectivity index (χ0v) is 18.0. The fourth-order valence-electron chi connectivity index (χ4n) is 2.99. The van der Waals surface area contributed by atoms with Gasteiger partial charge in [-0.05, 0) is 54.6 Å². The lowest BCUT2D eigenvalue weighted by molar-refractivity contribution is -0.137. The second-order valence-corrected chi connectivity index (χ2v) is 7.67. The second-order valence-electron chi connectivity index (χ2n) is 6.73. The van der Waals surface area contributed by atoms with Crippen LogP contribution in [-0.4, -0.2) is 33.5 Å². The molecule has 4 rings (SSSR count). The van der Waals surface area contributed by atoms with Gasteiger partial charge in [-0.2, -0.15) is 13.2 Å².